The average molecular weight is 412 g/mol. The number of amides is 2. The Hall–Kier alpha value is -3.39. The van der Waals surface area contributed by atoms with Crippen LogP contribution in [0.25, 0.3) is 0 Å². The van der Waals surface area contributed by atoms with Gasteiger partial charge < -0.3 is 19.8 Å². The molecular weight excluding hydrogens is 392 g/mol. The second-order valence-electron chi connectivity index (χ2n) is 6.18. The third-order valence-electron chi connectivity index (χ3n) is 4.07. The van der Waals surface area contributed by atoms with E-state index >= 15 is 0 Å². The number of esters is 1. The molecule has 2 aromatic heterocycles. The van der Waals surface area contributed by atoms with Crippen molar-refractivity contribution in [3.05, 3.63) is 71.0 Å². The Morgan fingerprint density at radius 2 is 1.83 bits per heavy atom. The average Bonchev–Trinajstić information content (AvgIpc) is 3.40. The number of rotatable bonds is 7. The number of hydrogen-bond donors (Lipinski definition) is 2. The number of anilines is 2. The Balaban J connectivity index is 1.54. The molecule has 150 valence electrons. The number of aryl methyl sites for hydroxylation is 1. The molecule has 0 radical (unpaired) electrons. The lowest BCUT2D eigenvalue weighted by atomic mass is 10.1. The van der Waals surface area contributed by atoms with Gasteiger partial charge in [0, 0.05) is 5.69 Å². The van der Waals surface area contributed by atoms with Crippen LogP contribution in [0.2, 0.25) is 0 Å². The van der Waals surface area contributed by atoms with Gasteiger partial charge in [0.05, 0.1) is 11.3 Å². The standard InChI is InChI=1S/C21H20N2O5S/c1-3-14-6-8-15(9-7-14)22-19(24)13(2)28-21(26)17-10-11-18(29-17)23-20(25)16-5-4-12-27-16/h4-13H,3H2,1-2H3,(H,22,24)(H,23,25). The fourth-order valence-electron chi connectivity index (χ4n) is 2.44. The van der Waals surface area contributed by atoms with E-state index in [1.807, 2.05) is 19.1 Å². The highest BCUT2D eigenvalue weighted by molar-refractivity contribution is 7.18. The maximum absolute atomic E-state index is 12.3. The van der Waals surface area contributed by atoms with E-state index in [9.17, 15) is 14.4 Å². The van der Waals surface area contributed by atoms with Crippen molar-refractivity contribution in [3.8, 4) is 0 Å². The quantitative estimate of drug-likeness (QED) is 0.563. The van der Waals surface area contributed by atoms with E-state index in [2.05, 4.69) is 10.6 Å². The van der Waals surface area contributed by atoms with Gasteiger partial charge in [0.25, 0.3) is 11.8 Å². The summed E-state index contributed by atoms with van der Waals surface area (Å²) in [6.07, 6.45) is 1.33. The van der Waals surface area contributed by atoms with E-state index in [0.29, 0.717) is 10.7 Å². The van der Waals surface area contributed by atoms with Crippen LogP contribution in [0.3, 0.4) is 0 Å². The highest BCUT2D eigenvalue weighted by Crippen LogP contribution is 2.24. The maximum atomic E-state index is 12.3. The fourth-order valence-corrected chi connectivity index (χ4v) is 3.22. The molecule has 3 aromatic rings. The predicted molar refractivity (Wildman–Crippen MR) is 110 cm³/mol. The number of benzene rings is 1. The maximum Gasteiger partial charge on any atom is 0.349 e. The van der Waals surface area contributed by atoms with Gasteiger partial charge in [-0.3, -0.25) is 9.59 Å². The summed E-state index contributed by atoms with van der Waals surface area (Å²) in [5, 5.41) is 5.82. The Morgan fingerprint density at radius 1 is 1.07 bits per heavy atom. The van der Waals surface area contributed by atoms with Crippen LogP contribution in [0.4, 0.5) is 10.7 Å². The van der Waals surface area contributed by atoms with Crippen molar-refractivity contribution in [2.75, 3.05) is 10.6 Å². The molecule has 1 atom stereocenters. The van der Waals surface area contributed by atoms with Gasteiger partial charge in [-0.2, -0.15) is 0 Å². The zero-order valence-corrected chi connectivity index (χ0v) is 16.7. The molecule has 0 aliphatic heterocycles. The van der Waals surface area contributed by atoms with E-state index in [4.69, 9.17) is 9.15 Å². The van der Waals surface area contributed by atoms with Crippen molar-refractivity contribution in [1.82, 2.24) is 0 Å². The topological polar surface area (TPSA) is 97.6 Å². The monoisotopic (exact) mass is 412 g/mol. The second kappa shape index (κ2) is 9.20. The molecule has 2 heterocycles. The highest BCUT2D eigenvalue weighted by atomic mass is 32.1. The smallest absolute Gasteiger partial charge is 0.349 e. The van der Waals surface area contributed by atoms with Gasteiger partial charge in [0.15, 0.2) is 11.9 Å². The predicted octanol–water partition coefficient (Wildman–Crippen LogP) is 4.34. The van der Waals surface area contributed by atoms with Gasteiger partial charge in [0.1, 0.15) is 4.88 Å². The molecular formula is C21H20N2O5S. The highest BCUT2D eigenvalue weighted by Gasteiger charge is 2.21. The van der Waals surface area contributed by atoms with Crippen molar-refractivity contribution >= 4 is 39.8 Å². The Labute approximate surface area is 171 Å². The summed E-state index contributed by atoms with van der Waals surface area (Å²) < 4.78 is 10.3. The van der Waals surface area contributed by atoms with Gasteiger partial charge in [-0.15, -0.1) is 11.3 Å². The van der Waals surface area contributed by atoms with Crippen LogP contribution < -0.4 is 10.6 Å². The summed E-state index contributed by atoms with van der Waals surface area (Å²) in [5.41, 5.74) is 1.80. The lowest BCUT2D eigenvalue weighted by Gasteiger charge is -2.13. The summed E-state index contributed by atoms with van der Waals surface area (Å²) >= 11 is 1.05. The largest absolute Gasteiger partial charge is 0.459 e. The number of nitrogens with one attached hydrogen (secondary N) is 2. The first-order valence-electron chi connectivity index (χ1n) is 9.01. The minimum atomic E-state index is -0.975. The molecule has 1 aromatic carbocycles. The molecule has 3 rings (SSSR count). The minimum Gasteiger partial charge on any atom is -0.459 e. The number of carbonyl (C=O) groups is 3. The first-order valence-corrected chi connectivity index (χ1v) is 9.83. The van der Waals surface area contributed by atoms with Crippen LogP contribution in [0, 0.1) is 0 Å². The molecule has 0 saturated carbocycles. The zero-order valence-electron chi connectivity index (χ0n) is 15.9. The van der Waals surface area contributed by atoms with Gasteiger partial charge in [-0.1, -0.05) is 19.1 Å². The molecule has 2 N–H and O–H groups in total. The van der Waals surface area contributed by atoms with Crippen LogP contribution in [-0.4, -0.2) is 23.9 Å². The molecule has 0 bridgehead atoms. The molecule has 8 heteroatoms. The summed E-state index contributed by atoms with van der Waals surface area (Å²) in [4.78, 5) is 36.8. The fraction of sp³-hybridized carbons (Fsp3) is 0.190. The van der Waals surface area contributed by atoms with E-state index < -0.39 is 23.9 Å². The SMILES string of the molecule is CCc1ccc(NC(=O)C(C)OC(=O)c2ccc(NC(=O)c3ccco3)s2)cc1. The van der Waals surface area contributed by atoms with E-state index in [1.165, 1.54) is 25.3 Å². The number of hydrogen-bond acceptors (Lipinski definition) is 6. The van der Waals surface area contributed by atoms with Gasteiger partial charge in [0.2, 0.25) is 0 Å². The third-order valence-corrected chi connectivity index (χ3v) is 5.05. The third kappa shape index (κ3) is 5.32. The summed E-state index contributed by atoms with van der Waals surface area (Å²) in [6.45, 7) is 3.55. The van der Waals surface area contributed by atoms with Crippen molar-refractivity contribution in [1.29, 1.82) is 0 Å². The van der Waals surface area contributed by atoms with Crippen molar-refractivity contribution in [2.45, 2.75) is 26.4 Å². The summed E-state index contributed by atoms with van der Waals surface area (Å²) in [7, 11) is 0. The lowest BCUT2D eigenvalue weighted by Crippen LogP contribution is -2.29. The lowest BCUT2D eigenvalue weighted by molar-refractivity contribution is -0.123. The molecule has 0 fully saturated rings. The van der Waals surface area contributed by atoms with Crippen LogP contribution in [0.15, 0.2) is 59.2 Å². The molecule has 0 aliphatic rings. The van der Waals surface area contributed by atoms with Crippen molar-refractivity contribution in [3.63, 3.8) is 0 Å². The first kappa shape index (κ1) is 20.3. The van der Waals surface area contributed by atoms with Gasteiger partial charge in [-0.05, 0) is 55.3 Å². The summed E-state index contributed by atoms with van der Waals surface area (Å²) in [5.74, 6) is -1.32. The number of thiophene rings is 1. The molecule has 29 heavy (non-hydrogen) atoms. The van der Waals surface area contributed by atoms with Crippen molar-refractivity contribution < 1.29 is 23.5 Å². The zero-order chi connectivity index (χ0) is 20.8. The number of ether oxygens (including phenoxy) is 1. The van der Waals surface area contributed by atoms with Crippen LogP contribution in [0.1, 0.15) is 39.6 Å². The molecule has 7 nitrogen and oxygen atoms in total. The van der Waals surface area contributed by atoms with E-state index in [0.717, 1.165) is 23.3 Å². The Morgan fingerprint density at radius 3 is 2.48 bits per heavy atom. The van der Waals surface area contributed by atoms with Gasteiger partial charge in [-0.25, -0.2) is 4.79 Å². The molecule has 1 unspecified atom stereocenters. The molecule has 0 aliphatic carbocycles. The van der Waals surface area contributed by atoms with Crippen LogP contribution in [-0.2, 0) is 16.0 Å². The Kier molecular flexibility index (Phi) is 6.46. The van der Waals surface area contributed by atoms with E-state index in [1.54, 1.807) is 24.3 Å². The van der Waals surface area contributed by atoms with Crippen LogP contribution >= 0.6 is 11.3 Å². The Bertz CT molecular complexity index is 993. The van der Waals surface area contributed by atoms with Crippen LogP contribution in [0.5, 0.6) is 0 Å². The number of carbonyl (C=O) groups excluding carboxylic acids is 3. The minimum absolute atomic E-state index is 0.166. The van der Waals surface area contributed by atoms with Gasteiger partial charge >= 0.3 is 5.97 Å². The summed E-state index contributed by atoms with van der Waals surface area (Å²) in [6, 6.07) is 13.7. The second-order valence-corrected chi connectivity index (χ2v) is 7.27. The first-order chi connectivity index (χ1) is 14.0. The number of furan rings is 1. The van der Waals surface area contributed by atoms with E-state index in [-0.39, 0.29) is 10.6 Å². The molecule has 0 saturated heterocycles. The molecule has 2 amide bonds. The normalized spacial score (nSPS) is 11.5. The van der Waals surface area contributed by atoms with Crippen molar-refractivity contribution in [2.24, 2.45) is 0 Å². The molecule has 0 spiro atoms.